The molecule has 3 aromatic carbocycles. The molecular weight excluding hydrogens is 664 g/mol. The summed E-state index contributed by atoms with van der Waals surface area (Å²) in [6.45, 7) is 0. The average molecular weight is 674 g/mol. The molecule has 19 nitrogen and oxygen atoms in total. The van der Waals surface area contributed by atoms with Crippen LogP contribution >= 0.6 is 12.4 Å². The number of nitro benzene ring substituents is 2. The molecule has 23 heteroatoms. The maximum Gasteiger partial charge on any atom is 3.00 e. The maximum absolute atomic E-state index is 12.2. The van der Waals surface area contributed by atoms with E-state index in [0.717, 1.165) is 12.1 Å². The van der Waals surface area contributed by atoms with Crippen LogP contribution in [-0.4, -0.2) is 40.9 Å². The standard InChI is InChI=1S/C18H12N6O13S2.ClH.Fe/c25-14-7-15(26)12(21-22-13-3-9(24(30)31)5-17(18(13)27)39(35,36)37)6-11(14)20-19-10-2-1-8(23(28)29)4-16(10)38(32,33)34;;/h1-7,25-27H,(H,32,33,34)(H,35,36,37);1H;/q;;+3/p-3. The fourth-order valence-electron chi connectivity index (χ4n) is 2.76. The number of aromatic hydroxyl groups is 1. The normalized spacial score (nSPS) is 11.7. The van der Waals surface area contributed by atoms with Crippen molar-refractivity contribution in [3.63, 3.8) is 0 Å². The number of hydrogen-bond acceptors (Lipinski definition) is 17. The van der Waals surface area contributed by atoms with Crippen molar-refractivity contribution in [1.29, 1.82) is 0 Å². The van der Waals surface area contributed by atoms with Gasteiger partial charge in [-0.05, 0) is 18.2 Å². The smallest absolute Gasteiger partial charge is 0.871 e. The molecule has 0 saturated carbocycles. The van der Waals surface area contributed by atoms with Gasteiger partial charge in [0.15, 0.2) is 0 Å². The molecule has 1 radical (unpaired) electrons. The summed E-state index contributed by atoms with van der Waals surface area (Å²) in [5.41, 5.74) is -4.75. The zero-order chi connectivity index (χ0) is 29.3. The Morgan fingerprint density at radius 3 is 1.71 bits per heavy atom. The number of nitro groups is 2. The first kappa shape index (κ1) is 34.7. The summed E-state index contributed by atoms with van der Waals surface area (Å²) < 4.78 is 68.3. The number of non-ortho nitro benzene ring substituents is 2. The second-order valence-corrected chi connectivity index (χ2v) is 9.77. The Bertz CT molecular complexity index is 1820. The van der Waals surface area contributed by atoms with Gasteiger partial charge in [-0.3, -0.25) is 20.2 Å². The first-order valence-electron chi connectivity index (χ1n) is 9.56. The minimum absolute atomic E-state index is 0. The van der Waals surface area contributed by atoms with Crippen LogP contribution in [0.4, 0.5) is 34.1 Å². The quantitative estimate of drug-likeness (QED) is 0.118. The fraction of sp³-hybridized carbons (Fsp3) is 0. The van der Waals surface area contributed by atoms with E-state index in [-0.39, 0.29) is 37.0 Å². The van der Waals surface area contributed by atoms with Crippen LogP contribution in [0, 0.1) is 20.2 Å². The SMILES string of the molecule is Cl.O=[N+]([O-])c1ccc(N=Nc2cc(N=Nc3cc([N+](=O)[O-])cc(S(=O)(=O)[O-])c3[O-])c(O)cc2[O-])c(S(=O)(=O)[O-])c1.[Fe+3].[H+]. The number of nitrogens with zero attached hydrogens (tertiary/aromatic N) is 6. The van der Waals surface area contributed by atoms with Gasteiger partial charge in [0, 0.05) is 24.3 Å². The number of halogens is 1. The largest absolute Gasteiger partial charge is 3.00 e. The fourth-order valence-corrected chi connectivity index (χ4v) is 3.99. The molecule has 0 aliphatic rings. The Morgan fingerprint density at radius 2 is 1.17 bits per heavy atom. The van der Waals surface area contributed by atoms with Gasteiger partial charge >= 0.3 is 18.5 Å². The molecule has 217 valence electrons. The van der Waals surface area contributed by atoms with Crippen molar-refractivity contribution >= 4 is 66.8 Å². The molecule has 0 atom stereocenters. The molecule has 3 rings (SSSR count). The Hall–Kier alpha value is -4.31. The van der Waals surface area contributed by atoms with Gasteiger partial charge < -0.3 is 24.4 Å². The molecule has 0 fully saturated rings. The van der Waals surface area contributed by atoms with Crippen LogP contribution in [0.25, 0.3) is 0 Å². The summed E-state index contributed by atoms with van der Waals surface area (Å²) in [5.74, 6) is -3.47. The van der Waals surface area contributed by atoms with E-state index in [0.29, 0.717) is 24.3 Å². The van der Waals surface area contributed by atoms with Crippen LogP contribution in [-0.2, 0) is 37.3 Å². The summed E-state index contributed by atoms with van der Waals surface area (Å²) in [4.78, 5) is 17.2. The average Bonchev–Trinajstić information content (AvgIpc) is 2.82. The molecule has 0 unspecified atom stereocenters. The van der Waals surface area contributed by atoms with Crippen molar-refractivity contribution in [1.82, 2.24) is 0 Å². The van der Waals surface area contributed by atoms with Crippen LogP contribution in [0.2, 0.25) is 0 Å². The summed E-state index contributed by atoms with van der Waals surface area (Å²) in [7, 11) is -10.7. The third-order valence-electron chi connectivity index (χ3n) is 4.51. The molecule has 0 aromatic heterocycles. The van der Waals surface area contributed by atoms with Crippen LogP contribution < -0.4 is 10.2 Å². The van der Waals surface area contributed by atoms with Gasteiger partial charge in [-0.25, -0.2) is 16.8 Å². The number of phenolic OH excluding ortho intramolecular Hbond substituents is 1. The number of benzene rings is 3. The van der Waals surface area contributed by atoms with Gasteiger partial charge in [-0.2, -0.15) is 10.2 Å². The number of hydrogen-bond donors (Lipinski definition) is 1. The number of azo groups is 2. The summed E-state index contributed by atoms with van der Waals surface area (Å²) in [6, 6.07) is 3.89. The van der Waals surface area contributed by atoms with E-state index >= 15 is 0 Å². The Morgan fingerprint density at radius 1 is 0.683 bits per heavy atom. The van der Waals surface area contributed by atoms with Gasteiger partial charge in [0.2, 0.25) is 0 Å². The van der Waals surface area contributed by atoms with Crippen LogP contribution in [0.3, 0.4) is 0 Å². The van der Waals surface area contributed by atoms with Gasteiger partial charge in [-0.1, -0.05) is 11.5 Å². The summed E-state index contributed by atoms with van der Waals surface area (Å²) in [5, 5.41) is 69.8. The van der Waals surface area contributed by atoms with Crippen LogP contribution in [0.15, 0.2) is 72.7 Å². The van der Waals surface area contributed by atoms with Gasteiger partial charge in [0.1, 0.15) is 37.4 Å². The van der Waals surface area contributed by atoms with E-state index in [4.69, 9.17) is 0 Å². The van der Waals surface area contributed by atoms with Gasteiger partial charge in [0.25, 0.3) is 11.4 Å². The van der Waals surface area contributed by atoms with Crippen molar-refractivity contribution in [2.24, 2.45) is 20.5 Å². The van der Waals surface area contributed by atoms with Crippen molar-refractivity contribution in [2.45, 2.75) is 9.79 Å². The molecule has 0 heterocycles. The van der Waals surface area contributed by atoms with E-state index < -0.39 is 91.2 Å². The molecule has 0 aliphatic carbocycles. The molecule has 3 aromatic rings. The van der Waals surface area contributed by atoms with Crippen molar-refractivity contribution < 1.29 is 69.6 Å². The summed E-state index contributed by atoms with van der Waals surface area (Å²) in [6.07, 6.45) is 0. The summed E-state index contributed by atoms with van der Waals surface area (Å²) >= 11 is 0. The van der Waals surface area contributed by atoms with E-state index in [1.165, 1.54) is 0 Å². The molecule has 0 saturated heterocycles. The van der Waals surface area contributed by atoms with E-state index in [2.05, 4.69) is 20.5 Å². The molecule has 41 heavy (non-hydrogen) atoms. The van der Waals surface area contributed by atoms with Crippen molar-refractivity contribution in [3.05, 3.63) is 62.7 Å². The van der Waals surface area contributed by atoms with Crippen molar-refractivity contribution in [2.75, 3.05) is 0 Å². The van der Waals surface area contributed by atoms with E-state index in [9.17, 15) is 61.5 Å². The third kappa shape index (κ3) is 8.11. The number of phenols is 1. The topological polar surface area (TPSA) is 316 Å². The molecular formula is C18H10ClFeN6O13S2. The van der Waals surface area contributed by atoms with E-state index in [1.807, 2.05) is 0 Å². The monoisotopic (exact) mass is 673 g/mol. The second kappa shape index (κ2) is 12.9. The predicted molar refractivity (Wildman–Crippen MR) is 126 cm³/mol. The Kier molecular flexibility index (Phi) is 10.9. The number of rotatable bonds is 8. The van der Waals surface area contributed by atoms with Crippen LogP contribution in [0.5, 0.6) is 17.2 Å². The molecule has 0 spiro atoms. The first-order chi connectivity index (χ1) is 18.0. The predicted octanol–water partition coefficient (Wildman–Crippen LogP) is 2.53. The van der Waals surface area contributed by atoms with E-state index in [1.54, 1.807) is 0 Å². The Labute approximate surface area is 246 Å². The third-order valence-corrected chi connectivity index (χ3v) is 6.22. The zero-order valence-corrected chi connectivity index (χ0v) is 22.7. The van der Waals surface area contributed by atoms with Crippen LogP contribution in [0.1, 0.15) is 1.43 Å². The molecule has 0 aliphatic heterocycles. The van der Waals surface area contributed by atoms with Crippen molar-refractivity contribution in [3.8, 4) is 17.2 Å². The molecule has 0 amide bonds. The van der Waals surface area contributed by atoms with Gasteiger partial charge in [-0.15, -0.1) is 22.6 Å². The Balaban J connectivity index is 0.00000560. The maximum atomic E-state index is 12.2. The second-order valence-electron chi connectivity index (χ2n) is 7.08. The molecule has 0 bridgehead atoms. The van der Waals surface area contributed by atoms with Gasteiger partial charge in [0.05, 0.1) is 31.0 Å². The minimum atomic E-state index is -5.46. The zero-order valence-electron chi connectivity index (χ0n) is 20.1. The minimum Gasteiger partial charge on any atom is -0.871 e. The first-order valence-corrected chi connectivity index (χ1v) is 12.4. The molecule has 1 N–H and O–H groups in total.